The normalized spacial score (nSPS) is 11.2. The van der Waals surface area contributed by atoms with E-state index in [1.165, 1.54) is 23.8 Å². The lowest BCUT2D eigenvalue weighted by Gasteiger charge is -2.08. The first-order valence-corrected chi connectivity index (χ1v) is 8.91. The van der Waals surface area contributed by atoms with Crippen LogP contribution in [0, 0.1) is 0 Å². The van der Waals surface area contributed by atoms with Crippen LogP contribution >= 0.6 is 11.6 Å². The number of carbonyl (C=O) groups is 1. The Bertz CT molecular complexity index is 1000. The topological polar surface area (TPSA) is 81.9 Å². The highest BCUT2D eigenvalue weighted by molar-refractivity contribution is 6.32. The van der Waals surface area contributed by atoms with E-state index in [1.54, 1.807) is 6.21 Å². The summed E-state index contributed by atoms with van der Waals surface area (Å²) in [4.78, 5) is 12.1. The first kappa shape index (κ1) is 18.9. The van der Waals surface area contributed by atoms with Gasteiger partial charge in [0.15, 0.2) is 0 Å². The number of carbonyl (C=O) groups excluding carboxylic acids is 1. The van der Waals surface area contributed by atoms with Gasteiger partial charge >= 0.3 is 0 Å². The number of nitrogens with zero attached hydrogens (tertiary/aromatic N) is 1. The van der Waals surface area contributed by atoms with E-state index in [9.17, 15) is 9.90 Å². The molecule has 3 rings (SSSR count). The van der Waals surface area contributed by atoms with E-state index in [-0.39, 0.29) is 17.4 Å². The van der Waals surface area contributed by atoms with Gasteiger partial charge < -0.3 is 10.2 Å². The highest BCUT2D eigenvalue weighted by atomic mass is 35.5. The zero-order chi connectivity index (χ0) is 19.2. The lowest BCUT2D eigenvalue weighted by molar-refractivity contribution is 0.0955. The fourth-order valence-corrected chi connectivity index (χ4v) is 3.04. The number of hydrogen-bond donors (Lipinski definition) is 3. The van der Waals surface area contributed by atoms with Crippen LogP contribution in [0.1, 0.15) is 27.9 Å². The van der Waals surface area contributed by atoms with Crippen molar-refractivity contribution in [2.75, 3.05) is 6.61 Å². The van der Waals surface area contributed by atoms with Crippen molar-refractivity contribution in [1.29, 1.82) is 0 Å². The average molecular weight is 383 g/mol. The second-order valence-electron chi connectivity index (χ2n) is 6.05. The van der Waals surface area contributed by atoms with Crippen LogP contribution in [0.15, 0.2) is 59.7 Å². The number of halogens is 1. The molecule has 0 heterocycles. The summed E-state index contributed by atoms with van der Waals surface area (Å²) in [5.74, 6) is -0.499. The van der Waals surface area contributed by atoms with Gasteiger partial charge in [-0.1, -0.05) is 48.0 Å². The van der Waals surface area contributed by atoms with Crippen LogP contribution in [0.25, 0.3) is 10.8 Å². The first-order chi connectivity index (χ1) is 13.1. The Labute approximate surface area is 161 Å². The predicted octanol–water partition coefficient (Wildman–Crippen LogP) is 3.89. The SMILES string of the molecule is O=C(N/N=C/c1ccc(CCCO)c2ccccc12)c1ccc(O)c(Cl)c1. The number of hydrazone groups is 1. The molecule has 3 aromatic carbocycles. The number of aryl methyl sites for hydroxylation is 1. The van der Waals surface area contributed by atoms with Gasteiger partial charge in [-0.2, -0.15) is 5.10 Å². The fraction of sp³-hybridized carbons (Fsp3) is 0.143. The molecule has 0 unspecified atom stereocenters. The van der Waals surface area contributed by atoms with Crippen molar-refractivity contribution in [3.63, 3.8) is 0 Å². The standard InChI is InChI=1S/C21H19ClN2O3/c22-19-12-15(9-10-20(19)26)21(27)24-23-13-16-8-7-14(4-3-11-25)17-5-1-2-6-18(16)17/h1-2,5-10,12-13,25-26H,3-4,11H2,(H,24,27)/b23-13+. The average Bonchev–Trinajstić information content (AvgIpc) is 2.69. The summed E-state index contributed by atoms with van der Waals surface area (Å²) < 4.78 is 0. The minimum atomic E-state index is -0.419. The van der Waals surface area contributed by atoms with Crippen LogP contribution in [0.5, 0.6) is 5.75 Å². The lowest BCUT2D eigenvalue weighted by atomic mass is 9.97. The molecule has 1 amide bonds. The molecule has 0 aliphatic carbocycles. The molecule has 3 N–H and O–H groups in total. The summed E-state index contributed by atoms with van der Waals surface area (Å²) in [5, 5.41) is 24.8. The molecule has 0 saturated heterocycles. The van der Waals surface area contributed by atoms with Crippen LogP contribution in [0.4, 0.5) is 0 Å². The summed E-state index contributed by atoms with van der Waals surface area (Å²) >= 11 is 5.82. The van der Waals surface area contributed by atoms with Crippen molar-refractivity contribution in [1.82, 2.24) is 5.43 Å². The van der Waals surface area contributed by atoms with Crippen LogP contribution in [0.2, 0.25) is 5.02 Å². The molecular formula is C21H19ClN2O3. The maximum Gasteiger partial charge on any atom is 0.271 e. The minimum Gasteiger partial charge on any atom is -0.506 e. The monoisotopic (exact) mass is 382 g/mol. The van der Waals surface area contributed by atoms with Crippen LogP contribution in [-0.4, -0.2) is 28.9 Å². The van der Waals surface area contributed by atoms with Gasteiger partial charge in [0.05, 0.1) is 11.2 Å². The van der Waals surface area contributed by atoms with E-state index in [0.717, 1.165) is 22.8 Å². The van der Waals surface area contributed by atoms with Crippen molar-refractivity contribution in [3.05, 3.63) is 76.3 Å². The molecule has 0 radical (unpaired) electrons. The van der Waals surface area contributed by atoms with Gasteiger partial charge in [0.1, 0.15) is 5.75 Å². The van der Waals surface area contributed by atoms with E-state index < -0.39 is 5.91 Å². The molecule has 0 fully saturated rings. The van der Waals surface area contributed by atoms with Gasteiger partial charge in [0, 0.05) is 17.7 Å². The number of aromatic hydroxyl groups is 1. The minimum absolute atomic E-state index is 0.0792. The number of phenolic OH excluding ortho intramolecular Hbond substituents is 1. The molecule has 0 aromatic heterocycles. The number of aliphatic hydroxyl groups excluding tert-OH is 1. The highest BCUT2D eigenvalue weighted by Crippen LogP contribution is 2.24. The maximum absolute atomic E-state index is 12.1. The van der Waals surface area contributed by atoms with Crippen molar-refractivity contribution in [2.24, 2.45) is 5.10 Å². The zero-order valence-electron chi connectivity index (χ0n) is 14.5. The molecule has 0 atom stereocenters. The van der Waals surface area contributed by atoms with Crippen LogP contribution in [0.3, 0.4) is 0 Å². The van der Waals surface area contributed by atoms with E-state index in [2.05, 4.69) is 10.5 Å². The molecule has 0 aliphatic rings. The van der Waals surface area contributed by atoms with E-state index in [1.807, 2.05) is 36.4 Å². The number of rotatable bonds is 6. The number of fused-ring (bicyclic) bond motifs is 1. The highest BCUT2D eigenvalue weighted by Gasteiger charge is 2.08. The van der Waals surface area contributed by atoms with Crippen molar-refractivity contribution < 1.29 is 15.0 Å². The number of benzene rings is 3. The Balaban J connectivity index is 1.79. The number of amides is 1. The first-order valence-electron chi connectivity index (χ1n) is 8.53. The number of phenols is 1. The summed E-state index contributed by atoms with van der Waals surface area (Å²) in [6.45, 7) is 0.158. The second kappa shape index (κ2) is 8.66. The third kappa shape index (κ3) is 4.45. The van der Waals surface area contributed by atoms with E-state index in [0.29, 0.717) is 12.0 Å². The number of nitrogens with one attached hydrogen (secondary N) is 1. The molecule has 0 aliphatic heterocycles. The molecule has 0 saturated carbocycles. The summed E-state index contributed by atoms with van der Waals surface area (Å²) in [5.41, 5.74) is 4.81. The van der Waals surface area contributed by atoms with E-state index in [4.69, 9.17) is 16.7 Å². The quantitative estimate of drug-likeness (QED) is 0.447. The lowest BCUT2D eigenvalue weighted by Crippen LogP contribution is -2.17. The van der Waals surface area contributed by atoms with Gasteiger partial charge in [0.25, 0.3) is 5.91 Å². The third-order valence-corrected chi connectivity index (χ3v) is 4.53. The molecule has 0 bridgehead atoms. The Morgan fingerprint density at radius 2 is 1.89 bits per heavy atom. The summed E-state index contributed by atoms with van der Waals surface area (Å²) in [6, 6.07) is 16.1. The molecule has 5 nitrogen and oxygen atoms in total. The van der Waals surface area contributed by atoms with Gasteiger partial charge in [-0.15, -0.1) is 0 Å². The Kier molecular flexibility index (Phi) is 6.06. The molecule has 6 heteroatoms. The number of aliphatic hydroxyl groups is 1. The number of hydrogen-bond acceptors (Lipinski definition) is 4. The van der Waals surface area contributed by atoms with Gasteiger partial charge in [-0.25, -0.2) is 5.43 Å². The Morgan fingerprint density at radius 1 is 1.11 bits per heavy atom. The van der Waals surface area contributed by atoms with Crippen molar-refractivity contribution in [3.8, 4) is 5.75 Å². The largest absolute Gasteiger partial charge is 0.506 e. The Hall–Kier alpha value is -2.89. The van der Waals surface area contributed by atoms with Crippen LogP contribution < -0.4 is 5.43 Å². The summed E-state index contributed by atoms with van der Waals surface area (Å²) in [6.07, 6.45) is 3.10. The van der Waals surface area contributed by atoms with Crippen LogP contribution in [-0.2, 0) is 6.42 Å². The maximum atomic E-state index is 12.1. The van der Waals surface area contributed by atoms with Crippen molar-refractivity contribution in [2.45, 2.75) is 12.8 Å². The molecule has 27 heavy (non-hydrogen) atoms. The van der Waals surface area contributed by atoms with Crippen molar-refractivity contribution >= 4 is 34.5 Å². The second-order valence-corrected chi connectivity index (χ2v) is 6.46. The van der Waals surface area contributed by atoms with Gasteiger partial charge in [0.2, 0.25) is 0 Å². The third-order valence-electron chi connectivity index (χ3n) is 4.23. The Morgan fingerprint density at radius 3 is 2.63 bits per heavy atom. The molecule has 138 valence electrons. The fourth-order valence-electron chi connectivity index (χ4n) is 2.86. The summed E-state index contributed by atoms with van der Waals surface area (Å²) in [7, 11) is 0. The van der Waals surface area contributed by atoms with E-state index >= 15 is 0 Å². The molecule has 0 spiro atoms. The van der Waals surface area contributed by atoms with Gasteiger partial charge in [-0.3, -0.25) is 4.79 Å². The molecular weight excluding hydrogens is 364 g/mol. The smallest absolute Gasteiger partial charge is 0.271 e. The zero-order valence-corrected chi connectivity index (χ0v) is 15.3. The molecule has 3 aromatic rings. The predicted molar refractivity (Wildman–Crippen MR) is 108 cm³/mol. The van der Waals surface area contributed by atoms with Gasteiger partial charge in [-0.05, 0) is 47.4 Å².